The number of benzene rings is 1. The van der Waals surface area contributed by atoms with E-state index in [9.17, 15) is 0 Å². The van der Waals surface area contributed by atoms with E-state index in [0.717, 1.165) is 24.5 Å². The Bertz CT molecular complexity index is 448. The van der Waals surface area contributed by atoms with Gasteiger partial charge in [-0.25, -0.2) is 0 Å². The third-order valence-electron chi connectivity index (χ3n) is 4.73. The lowest BCUT2D eigenvalue weighted by Crippen LogP contribution is -2.38. The van der Waals surface area contributed by atoms with Crippen molar-refractivity contribution < 1.29 is 0 Å². The standard InChI is InChI=1S/C17H27ClN2/c1-4-17(3)7-9-20(10-8-17)16-6-5-14(11-13(2)19)12-15(16)18/h5-6,12-13H,4,7-11,19H2,1-3H3. The van der Waals surface area contributed by atoms with Gasteiger partial charge in [0.25, 0.3) is 0 Å². The van der Waals surface area contributed by atoms with Gasteiger partial charge in [0.05, 0.1) is 10.7 Å². The molecule has 2 nitrogen and oxygen atoms in total. The van der Waals surface area contributed by atoms with Crippen LogP contribution in [0.5, 0.6) is 0 Å². The molecule has 0 spiro atoms. The first kappa shape index (κ1) is 15.7. The minimum absolute atomic E-state index is 0.178. The highest BCUT2D eigenvalue weighted by Gasteiger charge is 2.28. The molecule has 1 fully saturated rings. The summed E-state index contributed by atoms with van der Waals surface area (Å²) >= 11 is 6.47. The molecule has 1 saturated heterocycles. The molecule has 20 heavy (non-hydrogen) atoms. The zero-order valence-corrected chi connectivity index (χ0v) is 13.7. The molecule has 1 aromatic rings. The molecule has 0 amide bonds. The van der Waals surface area contributed by atoms with E-state index in [4.69, 9.17) is 17.3 Å². The van der Waals surface area contributed by atoms with Crippen molar-refractivity contribution in [2.24, 2.45) is 11.1 Å². The molecule has 0 aromatic heterocycles. The fourth-order valence-corrected chi connectivity index (χ4v) is 3.27. The van der Waals surface area contributed by atoms with Crippen LogP contribution in [0.4, 0.5) is 5.69 Å². The van der Waals surface area contributed by atoms with Crippen molar-refractivity contribution in [1.29, 1.82) is 0 Å². The topological polar surface area (TPSA) is 29.3 Å². The molecule has 0 bridgehead atoms. The van der Waals surface area contributed by atoms with E-state index >= 15 is 0 Å². The number of hydrogen-bond donors (Lipinski definition) is 1. The maximum atomic E-state index is 6.47. The van der Waals surface area contributed by atoms with E-state index in [1.165, 1.54) is 30.5 Å². The number of anilines is 1. The van der Waals surface area contributed by atoms with Crippen LogP contribution in [0.1, 0.15) is 45.6 Å². The number of halogens is 1. The first-order chi connectivity index (χ1) is 9.43. The molecular formula is C17H27ClN2. The molecule has 3 heteroatoms. The normalized spacial score (nSPS) is 19.9. The number of hydrogen-bond acceptors (Lipinski definition) is 2. The molecule has 1 atom stereocenters. The molecule has 1 aromatic carbocycles. The molecule has 112 valence electrons. The lowest BCUT2D eigenvalue weighted by Gasteiger charge is -2.40. The molecule has 2 rings (SSSR count). The Balaban J connectivity index is 2.07. The number of nitrogens with two attached hydrogens (primary N) is 1. The summed E-state index contributed by atoms with van der Waals surface area (Å²) in [6, 6.07) is 6.58. The predicted molar refractivity (Wildman–Crippen MR) is 88.7 cm³/mol. The molecule has 1 aliphatic heterocycles. The average Bonchev–Trinajstić information content (AvgIpc) is 2.40. The van der Waals surface area contributed by atoms with Crippen LogP contribution in [0.15, 0.2) is 18.2 Å². The molecule has 1 aliphatic rings. The largest absolute Gasteiger partial charge is 0.370 e. The lowest BCUT2D eigenvalue weighted by atomic mass is 9.78. The van der Waals surface area contributed by atoms with Gasteiger partial charge in [-0.15, -0.1) is 0 Å². The predicted octanol–water partition coefficient (Wildman–Crippen LogP) is 4.25. The smallest absolute Gasteiger partial charge is 0.0642 e. The highest BCUT2D eigenvalue weighted by atomic mass is 35.5. The van der Waals surface area contributed by atoms with Gasteiger partial charge in [-0.05, 0) is 49.3 Å². The zero-order chi connectivity index (χ0) is 14.8. The van der Waals surface area contributed by atoms with Crippen molar-refractivity contribution in [3.8, 4) is 0 Å². The average molecular weight is 295 g/mol. The second-order valence-corrected chi connectivity index (χ2v) is 7.03. The Labute approximate surface area is 128 Å². The monoisotopic (exact) mass is 294 g/mol. The Morgan fingerprint density at radius 2 is 2.00 bits per heavy atom. The second kappa shape index (κ2) is 6.36. The first-order valence-electron chi connectivity index (χ1n) is 7.72. The van der Waals surface area contributed by atoms with Crippen molar-refractivity contribution in [3.63, 3.8) is 0 Å². The van der Waals surface area contributed by atoms with Gasteiger partial charge in [-0.3, -0.25) is 0 Å². The van der Waals surface area contributed by atoms with Crippen molar-refractivity contribution >= 4 is 17.3 Å². The summed E-state index contributed by atoms with van der Waals surface area (Å²) in [6.45, 7) is 8.94. The summed E-state index contributed by atoms with van der Waals surface area (Å²) in [5.74, 6) is 0. The van der Waals surface area contributed by atoms with Crippen molar-refractivity contribution in [2.75, 3.05) is 18.0 Å². The van der Waals surface area contributed by atoms with Gasteiger partial charge in [-0.2, -0.15) is 0 Å². The van der Waals surface area contributed by atoms with Gasteiger partial charge in [0.1, 0.15) is 0 Å². The van der Waals surface area contributed by atoms with Gasteiger partial charge in [-0.1, -0.05) is 37.9 Å². The SMILES string of the molecule is CCC1(C)CCN(c2ccc(CC(C)N)cc2Cl)CC1. The summed E-state index contributed by atoms with van der Waals surface area (Å²) in [4.78, 5) is 2.43. The summed E-state index contributed by atoms with van der Waals surface area (Å²) < 4.78 is 0. The maximum Gasteiger partial charge on any atom is 0.0642 e. The third-order valence-corrected chi connectivity index (χ3v) is 5.04. The fraction of sp³-hybridized carbons (Fsp3) is 0.647. The number of piperidine rings is 1. The summed E-state index contributed by atoms with van der Waals surface area (Å²) in [5, 5.41) is 0.864. The molecule has 0 radical (unpaired) electrons. The van der Waals surface area contributed by atoms with Crippen LogP contribution in [-0.2, 0) is 6.42 Å². The highest BCUT2D eigenvalue weighted by Crippen LogP contribution is 2.37. The van der Waals surface area contributed by atoms with Crippen molar-refractivity contribution in [3.05, 3.63) is 28.8 Å². The van der Waals surface area contributed by atoms with Crippen LogP contribution in [0.3, 0.4) is 0 Å². The van der Waals surface area contributed by atoms with Gasteiger partial charge >= 0.3 is 0 Å². The van der Waals surface area contributed by atoms with Crippen molar-refractivity contribution in [2.45, 2.75) is 52.5 Å². The molecule has 1 heterocycles. The van der Waals surface area contributed by atoms with Crippen molar-refractivity contribution in [1.82, 2.24) is 0 Å². The quantitative estimate of drug-likeness (QED) is 0.899. The fourth-order valence-electron chi connectivity index (χ4n) is 2.95. The zero-order valence-electron chi connectivity index (χ0n) is 13.0. The summed E-state index contributed by atoms with van der Waals surface area (Å²) in [6.07, 6.45) is 4.65. The summed E-state index contributed by atoms with van der Waals surface area (Å²) in [7, 11) is 0. The van der Waals surface area contributed by atoms with Gasteiger partial charge < -0.3 is 10.6 Å². The van der Waals surface area contributed by atoms with Crippen LogP contribution >= 0.6 is 11.6 Å². The molecule has 0 saturated carbocycles. The van der Waals surface area contributed by atoms with E-state index in [0.29, 0.717) is 5.41 Å². The van der Waals surface area contributed by atoms with Crippen LogP contribution in [-0.4, -0.2) is 19.1 Å². The molecule has 2 N–H and O–H groups in total. The van der Waals surface area contributed by atoms with E-state index in [2.05, 4.69) is 36.9 Å². The van der Waals surface area contributed by atoms with Gasteiger partial charge in [0, 0.05) is 19.1 Å². The van der Waals surface area contributed by atoms with Crippen LogP contribution < -0.4 is 10.6 Å². The first-order valence-corrected chi connectivity index (χ1v) is 8.10. The molecule has 0 aliphatic carbocycles. The number of nitrogens with zero attached hydrogens (tertiary/aromatic N) is 1. The third kappa shape index (κ3) is 3.67. The van der Waals surface area contributed by atoms with E-state index in [1.54, 1.807) is 0 Å². The van der Waals surface area contributed by atoms with Crippen LogP contribution in [0.25, 0.3) is 0 Å². The minimum atomic E-state index is 0.178. The lowest BCUT2D eigenvalue weighted by molar-refractivity contribution is 0.238. The second-order valence-electron chi connectivity index (χ2n) is 6.62. The Kier molecular flexibility index (Phi) is 4.98. The maximum absolute atomic E-state index is 6.47. The minimum Gasteiger partial charge on any atom is -0.370 e. The van der Waals surface area contributed by atoms with E-state index in [-0.39, 0.29) is 6.04 Å². The van der Waals surface area contributed by atoms with Crippen LogP contribution in [0, 0.1) is 5.41 Å². The molecular weight excluding hydrogens is 268 g/mol. The Hall–Kier alpha value is -0.730. The highest BCUT2D eigenvalue weighted by molar-refractivity contribution is 6.33. The van der Waals surface area contributed by atoms with Gasteiger partial charge in [0.2, 0.25) is 0 Å². The van der Waals surface area contributed by atoms with E-state index in [1.807, 2.05) is 6.92 Å². The Morgan fingerprint density at radius 1 is 1.35 bits per heavy atom. The Morgan fingerprint density at radius 3 is 2.50 bits per heavy atom. The summed E-state index contributed by atoms with van der Waals surface area (Å²) in [5.41, 5.74) is 8.76. The number of rotatable bonds is 4. The molecule has 1 unspecified atom stereocenters. The van der Waals surface area contributed by atoms with Crippen LogP contribution in [0.2, 0.25) is 5.02 Å². The van der Waals surface area contributed by atoms with Gasteiger partial charge in [0.15, 0.2) is 0 Å². The van der Waals surface area contributed by atoms with E-state index < -0.39 is 0 Å².